The fourth-order valence-electron chi connectivity index (χ4n) is 0.665. The number of rotatable bonds is 2. The second-order valence-electron chi connectivity index (χ2n) is 5.43. The van der Waals surface area contributed by atoms with E-state index in [0.717, 1.165) is 12.4 Å². The molecule has 0 saturated heterocycles. The van der Waals surface area contributed by atoms with Gasteiger partial charge in [-0.05, 0) is 19.5 Å². The van der Waals surface area contributed by atoms with Crippen molar-refractivity contribution < 1.29 is 32.7 Å². The molecule has 0 aromatic carbocycles. The first kappa shape index (κ1) is 32.3. The quantitative estimate of drug-likeness (QED) is 0.426. The molecule has 4 heteroatoms. The summed E-state index contributed by atoms with van der Waals surface area (Å²) in [6.07, 6.45) is 0.986. The molecular weight excluding hydrogens is 323 g/mol. The van der Waals surface area contributed by atoms with E-state index < -0.39 is 0 Å². The van der Waals surface area contributed by atoms with Crippen LogP contribution in [0.4, 0.5) is 0 Å². The van der Waals surface area contributed by atoms with Crippen LogP contribution in [0.1, 0.15) is 69.2 Å². The van der Waals surface area contributed by atoms with E-state index in [1.165, 1.54) is 5.92 Å². The van der Waals surface area contributed by atoms with Crippen LogP contribution in [0.2, 0.25) is 0 Å². The van der Waals surface area contributed by atoms with Gasteiger partial charge in [-0.2, -0.15) is 20.8 Å². The fourth-order valence-corrected chi connectivity index (χ4v) is 0.665. The van der Waals surface area contributed by atoms with E-state index in [1.54, 1.807) is 0 Å². The van der Waals surface area contributed by atoms with Gasteiger partial charge in [0.1, 0.15) is 0 Å². The molecule has 123 valence electrons. The predicted octanol–water partition coefficient (Wildman–Crippen LogP) is 4.66. The number of nitrogens with one attached hydrogen (secondary N) is 2. The SMILES string of the molecule is C.CC.CNC(=N[CH-]CC(C)(C)C)NC.C[C-](C)C.[Y]. The van der Waals surface area contributed by atoms with Crippen LogP contribution in [0.3, 0.4) is 0 Å². The van der Waals surface area contributed by atoms with Crippen molar-refractivity contribution in [3.63, 3.8) is 0 Å². The number of hydrogen-bond acceptors (Lipinski definition) is 1. The topological polar surface area (TPSA) is 36.4 Å². The molecule has 0 aromatic rings. The van der Waals surface area contributed by atoms with Gasteiger partial charge < -0.3 is 21.5 Å². The van der Waals surface area contributed by atoms with Crippen molar-refractivity contribution in [1.29, 1.82) is 0 Å². The zero-order valence-corrected chi connectivity index (χ0v) is 17.6. The minimum absolute atomic E-state index is 0. The molecule has 0 spiro atoms. The van der Waals surface area contributed by atoms with Gasteiger partial charge in [0.05, 0.1) is 0 Å². The maximum absolute atomic E-state index is 4.22. The van der Waals surface area contributed by atoms with Crippen LogP contribution in [-0.4, -0.2) is 20.1 Å². The van der Waals surface area contributed by atoms with E-state index in [0.29, 0.717) is 5.41 Å². The largest absolute Gasteiger partial charge is 0.436 e. The van der Waals surface area contributed by atoms with Crippen LogP contribution in [-0.2, 0) is 32.7 Å². The maximum Gasteiger partial charge on any atom is 0.0369 e. The monoisotopic (exact) mass is 362 g/mol. The Kier molecular flexibility index (Phi) is 34.7. The minimum Gasteiger partial charge on any atom is -0.436 e. The summed E-state index contributed by atoms with van der Waals surface area (Å²) in [5.74, 6) is 2.22. The molecule has 20 heavy (non-hydrogen) atoms. The molecule has 0 bridgehead atoms. The standard InChI is InChI=1S/C9H20N3.C4H9.C2H6.CH4.Y/c1-9(2,3)6-7-12-8(10-4)11-5;1-4(2)3;1-2;;/h7H,6H2,1-5H3,(H2,10,11,12);1-3H3;1-2H3;1H4;/q2*-1;;;. The van der Waals surface area contributed by atoms with Gasteiger partial charge >= 0.3 is 0 Å². The Labute approximate surface area is 155 Å². The van der Waals surface area contributed by atoms with Crippen LogP contribution >= 0.6 is 0 Å². The molecule has 0 amide bonds. The van der Waals surface area contributed by atoms with Crippen molar-refractivity contribution >= 4 is 5.96 Å². The van der Waals surface area contributed by atoms with E-state index in [2.05, 4.69) is 57.2 Å². The Hall–Kier alpha value is 0.244. The molecular formula is C16H39N3Y-2. The zero-order chi connectivity index (χ0) is 15.2. The average Bonchev–Trinajstić information content (AvgIpc) is 2.25. The first-order valence-electron chi connectivity index (χ1n) is 6.74. The Bertz CT molecular complexity index is 176. The normalized spacial score (nSPS) is 8.35. The van der Waals surface area contributed by atoms with Gasteiger partial charge in [0.2, 0.25) is 0 Å². The van der Waals surface area contributed by atoms with Crippen molar-refractivity contribution in [2.45, 2.75) is 69.2 Å². The van der Waals surface area contributed by atoms with Crippen molar-refractivity contribution in [2.75, 3.05) is 14.1 Å². The Morgan fingerprint density at radius 2 is 1.35 bits per heavy atom. The van der Waals surface area contributed by atoms with Crippen LogP contribution in [0.25, 0.3) is 0 Å². The second kappa shape index (κ2) is 21.5. The summed E-state index contributed by atoms with van der Waals surface area (Å²) in [5, 5.41) is 5.89. The summed E-state index contributed by atoms with van der Waals surface area (Å²) in [6.45, 7) is 18.8. The Balaban J connectivity index is -0.0000000809. The van der Waals surface area contributed by atoms with Crippen molar-refractivity contribution in [3.8, 4) is 0 Å². The molecule has 0 aliphatic rings. The Morgan fingerprint density at radius 1 is 1.05 bits per heavy atom. The molecule has 0 rings (SSSR count). The molecule has 0 atom stereocenters. The molecule has 0 heterocycles. The van der Waals surface area contributed by atoms with Gasteiger partial charge in [-0.3, -0.25) is 0 Å². The van der Waals surface area contributed by atoms with Crippen LogP contribution in [0.5, 0.6) is 0 Å². The van der Waals surface area contributed by atoms with E-state index >= 15 is 0 Å². The molecule has 3 nitrogen and oxygen atoms in total. The van der Waals surface area contributed by atoms with Crippen LogP contribution in [0, 0.1) is 17.9 Å². The Morgan fingerprint density at radius 3 is 1.55 bits per heavy atom. The summed E-state index contributed by atoms with van der Waals surface area (Å²) in [7, 11) is 3.69. The minimum atomic E-state index is 0. The second-order valence-corrected chi connectivity index (χ2v) is 5.43. The summed E-state index contributed by atoms with van der Waals surface area (Å²) < 4.78 is 0. The van der Waals surface area contributed by atoms with E-state index in [1.807, 2.05) is 34.5 Å². The van der Waals surface area contributed by atoms with Gasteiger partial charge in [-0.15, -0.1) is 6.54 Å². The molecule has 1 radical (unpaired) electrons. The molecule has 0 fully saturated rings. The molecule has 0 aromatic heterocycles. The van der Waals surface area contributed by atoms with E-state index in [4.69, 9.17) is 0 Å². The van der Waals surface area contributed by atoms with Gasteiger partial charge in [0.15, 0.2) is 0 Å². The number of nitrogens with zero attached hydrogens (tertiary/aromatic N) is 1. The van der Waals surface area contributed by atoms with Crippen LogP contribution < -0.4 is 10.6 Å². The third-order valence-corrected chi connectivity index (χ3v) is 1.40. The smallest absolute Gasteiger partial charge is 0.0369 e. The van der Waals surface area contributed by atoms with E-state index in [-0.39, 0.29) is 40.1 Å². The van der Waals surface area contributed by atoms with Gasteiger partial charge in [0.25, 0.3) is 0 Å². The predicted molar refractivity (Wildman–Crippen MR) is 92.3 cm³/mol. The summed E-state index contributed by atoms with van der Waals surface area (Å²) in [5.41, 5.74) is 0.316. The number of guanidine groups is 1. The third-order valence-electron chi connectivity index (χ3n) is 1.40. The first-order valence-corrected chi connectivity index (χ1v) is 6.74. The van der Waals surface area contributed by atoms with Crippen molar-refractivity contribution in [3.05, 3.63) is 12.5 Å². The van der Waals surface area contributed by atoms with Gasteiger partial charge in [-0.25, -0.2) is 0 Å². The number of hydrogen-bond donors (Lipinski definition) is 2. The fraction of sp³-hybridized carbons (Fsp3) is 0.812. The molecule has 0 aliphatic carbocycles. The summed E-state index contributed by atoms with van der Waals surface area (Å²) >= 11 is 0. The van der Waals surface area contributed by atoms with Crippen LogP contribution in [0.15, 0.2) is 4.99 Å². The summed E-state index contributed by atoms with van der Waals surface area (Å²) in [4.78, 5) is 4.22. The average molecular weight is 362 g/mol. The molecule has 0 aliphatic heterocycles. The first-order chi connectivity index (χ1) is 8.22. The zero-order valence-electron chi connectivity index (χ0n) is 14.8. The third kappa shape index (κ3) is 42.9. The van der Waals surface area contributed by atoms with Gasteiger partial charge in [-0.1, -0.05) is 48.5 Å². The number of aliphatic imine (C=N–C) groups is 1. The summed E-state index contributed by atoms with van der Waals surface area (Å²) in [6, 6.07) is 0. The maximum atomic E-state index is 4.22. The van der Waals surface area contributed by atoms with Gasteiger partial charge in [0, 0.05) is 38.7 Å². The molecule has 2 N–H and O–H groups in total. The van der Waals surface area contributed by atoms with Crippen molar-refractivity contribution in [1.82, 2.24) is 10.6 Å². The van der Waals surface area contributed by atoms with E-state index in [9.17, 15) is 0 Å². The molecule has 0 saturated carbocycles. The molecule has 0 unspecified atom stereocenters. The van der Waals surface area contributed by atoms with Crippen molar-refractivity contribution in [2.24, 2.45) is 10.4 Å².